The average Bonchev–Trinajstić information content (AvgIpc) is 3.77. The van der Waals surface area contributed by atoms with Crippen LogP contribution in [0.25, 0.3) is 0 Å². The molecule has 2 rings (SSSR count). The van der Waals surface area contributed by atoms with E-state index in [1.54, 1.807) is 18.7 Å². The standard InChI is InChI=1S/C20H35N3O5.C19H37NO3/c1-4-15-10-17(25)13-23(15)20(28)8-7-16(24)9-14(11-21-18(26)5-2)12-22-19(27)6-3;1-4-9-18(13-17-12-16(17)6-3)23-19(22)20-11-8-7-10-15(5-2)14-21/h14-15,17,25H,4-13H2,1-3H3,(H,21,26)(H,22,27);15-18,21H,4-14H2,1-3H3,(H,20,22)/t15-,17-;/m1./s1. The van der Waals surface area contributed by atoms with Gasteiger partial charge in [-0.2, -0.15) is 0 Å². The summed E-state index contributed by atoms with van der Waals surface area (Å²) >= 11 is 0. The van der Waals surface area contributed by atoms with Crippen LogP contribution in [-0.2, 0) is 23.9 Å². The second-order valence-corrected chi connectivity index (χ2v) is 14.5. The number of Topliss-reactive ketones (excluding diaryl/α,β-unsaturated/α-hetero) is 1. The molecule has 1 saturated heterocycles. The molecule has 0 bridgehead atoms. The summed E-state index contributed by atoms with van der Waals surface area (Å²) in [7, 11) is 0. The number of ether oxygens (including phenoxy) is 1. The monoisotopic (exact) mass is 725 g/mol. The largest absolute Gasteiger partial charge is 0.446 e. The molecule has 0 radical (unpaired) electrons. The van der Waals surface area contributed by atoms with Gasteiger partial charge in [0, 0.05) is 76.8 Å². The molecule has 296 valence electrons. The number of nitrogens with zero attached hydrogens (tertiary/aromatic N) is 1. The van der Waals surface area contributed by atoms with Crippen molar-refractivity contribution in [2.45, 2.75) is 163 Å². The molecular weight excluding hydrogens is 652 g/mol. The van der Waals surface area contributed by atoms with Crippen molar-refractivity contribution in [3.05, 3.63) is 0 Å². The number of unbranched alkanes of at least 4 members (excludes halogenated alkanes) is 1. The van der Waals surface area contributed by atoms with Crippen LogP contribution in [0.1, 0.15) is 144 Å². The van der Waals surface area contributed by atoms with Crippen LogP contribution >= 0.6 is 0 Å². The molecule has 6 atom stereocenters. The van der Waals surface area contributed by atoms with Crippen LogP contribution in [0.5, 0.6) is 0 Å². The van der Waals surface area contributed by atoms with Gasteiger partial charge in [-0.1, -0.05) is 67.2 Å². The molecule has 0 aromatic heterocycles. The molecule has 12 heteroatoms. The molecule has 4 unspecified atom stereocenters. The number of carbonyl (C=O) groups is 5. The van der Waals surface area contributed by atoms with Crippen LogP contribution in [0.15, 0.2) is 0 Å². The van der Waals surface area contributed by atoms with E-state index in [0.29, 0.717) is 51.4 Å². The van der Waals surface area contributed by atoms with Gasteiger partial charge in [0.1, 0.15) is 11.9 Å². The van der Waals surface area contributed by atoms with Gasteiger partial charge in [0.15, 0.2) is 0 Å². The van der Waals surface area contributed by atoms with Crippen molar-refractivity contribution in [1.29, 1.82) is 0 Å². The molecule has 12 nitrogen and oxygen atoms in total. The second kappa shape index (κ2) is 27.0. The fourth-order valence-electron chi connectivity index (χ4n) is 6.73. The van der Waals surface area contributed by atoms with Crippen LogP contribution in [0.4, 0.5) is 4.79 Å². The average molecular weight is 725 g/mol. The first kappa shape index (κ1) is 46.3. The lowest BCUT2D eigenvalue weighted by atomic mass is 9.99. The molecule has 5 N–H and O–H groups in total. The predicted octanol–water partition coefficient (Wildman–Crippen LogP) is 5.27. The van der Waals surface area contributed by atoms with Gasteiger partial charge in [0.2, 0.25) is 17.7 Å². The Hall–Kier alpha value is -2.73. The van der Waals surface area contributed by atoms with Crippen molar-refractivity contribution in [3.8, 4) is 0 Å². The van der Waals surface area contributed by atoms with Crippen molar-refractivity contribution in [1.82, 2.24) is 20.9 Å². The summed E-state index contributed by atoms with van der Waals surface area (Å²) in [6.07, 6.45) is 11.5. The number of likely N-dealkylation sites (tertiary alicyclic amines) is 1. The highest BCUT2D eigenvalue weighted by Gasteiger charge is 2.37. The molecule has 1 aliphatic heterocycles. The summed E-state index contributed by atoms with van der Waals surface area (Å²) in [4.78, 5) is 61.4. The van der Waals surface area contributed by atoms with E-state index in [1.165, 1.54) is 12.8 Å². The topological polar surface area (TPSA) is 174 Å². The number of nitrogens with one attached hydrogen (secondary N) is 3. The number of β-amino-alcohol motifs (C(OH)–C–C–N with tert-alkyl or cyclic N) is 1. The van der Waals surface area contributed by atoms with Gasteiger partial charge in [-0.25, -0.2) is 4.79 Å². The number of amides is 4. The molecule has 1 heterocycles. The van der Waals surface area contributed by atoms with Crippen molar-refractivity contribution >= 4 is 29.6 Å². The number of ketones is 1. The van der Waals surface area contributed by atoms with Crippen LogP contribution in [0.2, 0.25) is 0 Å². The van der Waals surface area contributed by atoms with Crippen molar-refractivity contribution in [2.24, 2.45) is 23.7 Å². The molecule has 2 fully saturated rings. The minimum absolute atomic E-state index is 0.0406. The van der Waals surface area contributed by atoms with E-state index < -0.39 is 6.10 Å². The number of rotatable bonds is 25. The van der Waals surface area contributed by atoms with Crippen LogP contribution in [0.3, 0.4) is 0 Å². The molecule has 1 saturated carbocycles. The minimum atomic E-state index is -0.488. The normalized spacial score (nSPS) is 20.5. The van der Waals surface area contributed by atoms with Crippen LogP contribution in [-0.4, -0.2) is 95.7 Å². The fraction of sp³-hybridized carbons (Fsp3) is 0.872. The third kappa shape index (κ3) is 20.2. The molecule has 1 aliphatic carbocycles. The van der Waals surface area contributed by atoms with Gasteiger partial charge in [-0.15, -0.1) is 0 Å². The van der Waals surface area contributed by atoms with Gasteiger partial charge in [-0.05, 0) is 62.7 Å². The Bertz CT molecular complexity index is 1000. The first-order valence-electron chi connectivity index (χ1n) is 20.0. The lowest BCUT2D eigenvalue weighted by Crippen LogP contribution is -2.38. The summed E-state index contributed by atoms with van der Waals surface area (Å²) < 4.78 is 5.61. The SMILES string of the molecule is CCC(=O)NCC(CNC(=O)CC)CC(=O)CCC(=O)N1C[C@H](O)C[C@H]1CC.CCCC(CC1CC1CC)OC(=O)NCCCCC(CC)CO. The Morgan fingerprint density at radius 2 is 1.47 bits per heavy atom. The summed E-state index contributed by atoms with van der Waals surface area (Å²) in [5.41, 5.74) is 0. The third-order valence-corrected chi connectivity index (χ3v) is 10.3. The smallest absolute Gasteiger partial charge is 0.407 e. The third-order valence-electron chi connectivity index (χ3n) is 10.3. The van der Waals surface area contributed by atoms with Crippen LogP contribution in [0, 0.1) is 23.7 Å². The zero-order valence-electron chi connectivity index (χ0n) is 32.7. The quantitative estimate of drug-likeness (QED) is 0.0792. The first-order valence-corrected chi connectivity index (χ1v) is 20.0. The van der Waals surface area contributed by atoms with Crippen molar-refractivity contribution in [2.75, 3.05) is 32.8 Å². The van der Waals surface area contributed by atoms with Gasteiger partial charge >= 0.3 is 6.09 Å². The molecular formula is C39H72N4O8. The maximum Gasteiger partial charge on any atom is 0.407 e. The summed E-state index contributed by atoms with van der Waals surface area (Å²) in [6, 6.07) is 0.0406. The lowest BCUT2D eigenvalue weighted by Gasteiger charge is -2.23. The van der Waals surface area contributed by atoms with Crippen molar-refractivity contribution < 1.29 is 38.9 Å². The van der Waals surface area contributed by atoms with Gasteiger partial charge in [0.05, 0.1) is 6.10 Å². The summed E-state index contributed by atoms with van der Waals surface area (Å²) in [5.74, 6) is 1.45. The molecule has 0 aromatic rings. The van der Waals surface area contributed by atoms with E-state index in [-0.39, 0.29) is 73.5 Å². The highest BCUT2D eigenvalue weighted by molar-refractivity contribution is 5.85. The highest BCUT2D eigenvalue weighted by atomic mass is 16.6. The Kier molecular flexibility index (Phi) is 24.5. The molecule has 4 amide bonds. The summed E-state index contributed by atoms with van der Waals surface area (Å²) in [6.45, 7) is 13.9. The molecule has 51 heavy (non-hydrogen) atoms. The Balaban J connectivity index is 0.000000520. The first-order chi connectivity index (χ1) is 24.4. The number of alkyl carbamates (subject to hydrolysis) is 1. The van der Waals surface area contributed by atoms with Gasteiger partial charge in [-0.3, -0.25) is 19.2 Å². The van der Waals surface area contributed by atoms with Gasteiger partial charge < -0.3 is 35.8 Å². The van der Waals surface area contributed by atoms with Gasteiger partial charge in [0.25, 0.3) is 0 Å². The number of carbonyl (C=O) groups excluding carboxylic acids is 5. The Morgan fingerprint density at radius 1 is 0.804 bits per heavy atom. The maximum atomic E-state index is 12.4. The highest BCUT2D eigenvalue weighted by Crippen LogP contribution is 2.45. The van der Waals surface area contributed by atoms with E-state index in [0.717, 1.165) is 63.2 Å². The maximum absolute atomic E-state index is 12.4. The fourth-order valence-corrected chi connectivity index (χ4v) is 6.73. The number of aliphatic hydroxyl groups is 2. The zero-order valence-corrected chi connectivity index (χ0v) is 32.7. The van der Waals surface area contributed by atoms with E-state index >= 15 is 0 Å². The Labute approximate surface area is 308 Å². The second-order valence-electron chi connectivity index (χ2n) is 14.5. The predicted molar refractivity (Wildman–Crippen MR) is 200 cm³/mol. The number of hydrogen-bond acceptors (Lipinski definition) is 8. The molecule has 0 spiro atoms. The summed E-state index contributed by atoms with van der Waals surface area (Å²) in [5, 5.41) is 27.3. The number of aliphatic hydroxyl groups excluding tert-OH is 2. The van der Waals surface area contributed by atoms with Crippen LogP contribution < -0.4 is 16.0 Å². The van der Waals surface area contributed by atoms with Crippen molar-refractivity contribution in [3.63, 3.8) is 0 Å². The minimum Gasteiger partial charge on any atom is -0.446 e. The van der Waals surface area contributed by atoms with E-state index in [9.17, 15) is 29.1 Å². The zero-order chi connectivity index (χ0) is 38.2. The Morgan fingerprint density at radius 3 is 2.00 bits per heavy atom. The lowest BCUT2D eigenvalue weighted by molar-refractivity contribution is -0.134. The number of hydrogen-bond donors (Lipinski definition) is 5. The van der Waals surface area contributed by atoms with E-state index in [1.807, 2.05) is 6.92 Å². The molecule has 2 aliphatic rings. The van der Waals surface area contributed by atoms with E-state index in [4.69, 9.17) is 9.84 Å². The van der Waals surface area contributed by atoms with E-state index in [2.05, 4.69) is 36.7 Å². The molecule has 0 aromatic carbocycles.